The number of rotatable bonds is 3. The quantitative estimate of drug-likeness (QED) is 0.842. The first-order valence-corrected chi connectivity index (χ1v) is 11.1. The summed E-state index contributed by atoms with van der Waals surface area (Å²) in [5.41, 5.74) is 1.67. The Hall–Kier alpha value is -2.54. The summed E-state index contributed by atoms with van der Waals surface area (Å²) < 4.78 is 0. The van der Waals surface area contributed by atoms with Crippen LogP contribution in [-0.4, -0.2) is 62.6 Å². The number of aliphatic hydroxyl groups excluding tert-OH is 1. The second kappa shape index (κ2) is 7.95. The van der Waals surface area contributed by atoms with Crippen LogP contribution in [0.25, 0.3) is 11.1 Å². The molecule has 2 aliphatic heterocycles. The molecule has 1 aliphatic carbocycles. The lowest BCUT2D eigenvalue weighted by molar-refractivity contribution is -0.139. The molecule has 30 heavy (non-hydrogen) atoms. The Morgan fingerprint density at radius 3 is 2.50 bits per heavy atom. The van der Waals surface area contributed by atoms with Crippen molar-refractivity contribution in [2.45, 2.75) is 57.1 Å². The Kier molecular flexibility index (Phi) is 5.15. The van der Waals surface area contributed by atoms with E-state index in [9.17, 15) is 9.90 Å². The van der Waals surface area contributed by atoms with Gasteiger partial charge in [-0.15, -0.1) is 0 Å². The van der Waals surface area contributed by atoms with E-state index in [-0.39, 0.29) is 11.5 Å². The molecule has 1 spiro atoms. The normalized spacial score (nSPS) is 29.6. The number of hydrogen-bond acceptors (Lipinski definition) is 6. The van der Waals surface area contributed by atoms with Crippen LogP contribution in [0.5, 0.6) is 0 Å². The predicted molar refractivity (Wildman–Crippen MR) is 114 cm³/mol. The molecule has 4 heterocycles. The van der Waals surface area contributed by atoms with Gasteiger partial charge in [0.1, 0.15) is 12.1 Å². The number of carbonyl (C=O) groups is 1. The summed E-state index contributed by atoms with van der Waals surface area (Å²) in [6, 6.07) is 4.40. The van der Waals surface area contributed by atoms with Gasteiger partial charge < -0.3 is 14.9 Å². The minimum absolute atomic E-state index is 0.186. The molecule has 0 unspecified atom stereocenters. The Balaban J connectivity index is 1.29. The van der Waals surface area contributed by atoms with Gasteiger partial charge in [-0.25, -0.2) is 15.0 Å². The molecular formula is C23H29N5O2. The van der Waals surface area contributed by atoms with E-state index in [2.05, 4.69) is 25.8 Å². The third-order valence-electron chi connectivity index (χ3n) is 7.20. The summed E-state index contributed by atoms with van der Waals surface area (Å²) in [5, 5.41) is 9.81. The van der Waals surface area contributed by atoms with Crippen LogP contribution >= 0.6 is 0 Å². The first-order valence-electron chi connectivity index (χ1n) is 11.1. The highest BCUT2D eigenvalue weighted by Gasteiger charge is 2.50. The summed E-state index contributed by atoms with van der Waals surface area (Å²) in [7, 11) is 0. The van der Waals surface area contributed by atoms with Crippen LogP contribution in [0.15, 0.2) is 37.1 Å². The highest BCUT2D eigenvalue weighted by atomic mass is 16.3. The van der Waals surface area contributed by atoms with E-state index in [4.69, 9.17) is 4.98 Å². The number of nitrogens with zero attached hydrogens (tertiary/aromatic N) is 5. The summed E-state index contributed by atoms with van der Waals surface area (Å²) in [5.74, 6) is 1.26. The number of pyridine rings is 1. The summed E-state index contributed by atoms with van der Waals surface area (Å²) >= 11 is 0. The smallest absolute Gasteiger partial charge is 0.230 e. The van der Waals surface area contributed by atoms with Gasteiger partial charge in [0.15, 0.2) is 0 Å². The molecule has 0 aromatic carbocycles. The van der Waals surface area contributed by atoms with Crippen LogP contribution in [-0.2, 0) is 4.79 Å². The minimum atomic E-state index is -0.276. The fourth-order valence-electron chi connectivity index (χ4n) is 5.46. The van der Waals surface area contributed by atoms with Gasteiger partial charge in [-0.3, -0.25) is 4.79 Å². The van der Waals surface area contributed by atoms with Gasteiger partial charge in [0.2, 0.25) is 5.91 Å². The molecule has 158 valence electrons. The first-order chi connectivity index (χ1) is 14.6. The lowest BCUT2D eigenvalue weighted by atomic mass is 9.78. The zero-order valence-electron chi connectivity index (χ0n) is 17.3. The number of likely N-dealkylation sites (tertiary alicyclic amines) is 1. The topological polar surface area (TPSA) is 82.5 Å². The third kappa shape index (κ3) is 3.55. The van der Waals surface area contributed by atoms with Crippen LogP contribution in [0.1, 0.15) is 44.9 Å². The number of anilines is 1. The van der Waals surface area contributed by atoms with Gasteiger partial charge in [-0.2, -0.15) is 0 Å². The summed E-state index contributed by atoms with van der Waals surface area (Å²) in [4.78, 5) is 30.7. The van der Waals surface area contributed by atoms with Crippen molar-refractivity contribution in [1.29, 1.82) is 0 Å². The highest BCUT2D eigenvalue weighted by molar-refractivity contribution is 5.86. The predicted octanol–water partition coefficient (Wildman–Crippen LogP) is 2.66. The number of piperidine rings is 1. The van der Waals surface area contributed by atoms with Crippen molar-refractivity contribution >= 4 is 11.7 Å². The highest BCUT2D eigenvalue weighted by Crippen LogP contribution is 2.43. The zero-order valence-corrected chi connectivity index (χ0v) is 17.3. The minimum Gasteiger partial charge on any atom is -0.393 e. The maximum atomic E-state index is 13.5. The molecule has 2 aromatic rings. The van der Waals surface area contributed by atoms with Crippen molar-refractivity contribution < 1.29 is 9.90 Å². The van der Waals surface area contributed by atoms with Crippen LogP contribution in [0, 0.1) is 5.41 Å². The fourth-order valence-corrected chi connectivity index (χ4v) is 5.46. The second-order valence-corrected chi connectivity index (χ2v) is 9.05. The maximum Gasteiger partial charge on any atom is 0.230 e. The second-order valence-electron chi connectivity index (χ2n) is 9.05. The van der Waals surface area contributed by atoms with Gasteiger partial charge in [-0.1, -0.05) is 0 Å². The van der Waals surface area contributed by atoms with Crippen molar-refractivity contribution in [2.75, 3.05) is 24.5 Å². The Bertz CT molecular complexity index is 882. The standard InChI is InChI=1S/C23H29N5O2/c29-20-5-3-19(4-6-20)28-11-9-23(22(28)30)8-1-10-27(15-23)21-7-2-17(14-26-21)18-12-24-16-25-13-18/h2,7,12-14,16,19-20,29H,1,3-6,8-11,15H2/t19-,20-,23-/m1/s1. The van der Waals surface area contributed by atoms with Crippen LogP contribution in [0.3, 0.4) is 0 Å². The monoisotopic (exact) mass is 407 g/mol. The molecule has 3 fully saturated rings. The molecule has 3 aliphatic rings. The van der Waals surface area contributed by atoms with E-state index in [0.29, 0.717) is 11.9 Å². The number of aliphatic hydroxyl groups is 1. The maximum absolute atomic E-state index is 13.5. The van der Waals surface area contributed by atoms with Crippen molar-refractivity contribution in [1.82, 2.24) is 19.9 Å². The van der Waals surface area contributed by atoms with Crippen LogP contribution in [0.2, 0.25) is 0 Å². The molecule has 5 rings (SSSR count). The van der Waals surface area contributed by atoms with Gasteiger partial charge in [0.05, 0.1) is 11.5 Å². The van der Waals surface area contributed by atoms with Crippen molar-refractivity contribution in [3.05, 3.63) is 37.1 Å². The lowest BCUT2D eigenvalue weighted by Crippen LogP contribution is -2.50. The average molecular weight is 408 g/mol. The number of aromatic nitrogens is 3. The largest absolute Gasteiger partial charge is 0.393 e. The third-order valence-corrected chi connectivity index (χ3v) is 7.20. The molecule has 1 amide bonds. The number of amides is 1. The van der Waals surface area contributed by atoms with E-state index in [1.807, 2.05) is 12.3 Å². The van der Waals surface area contributed by atoms with E-state index in [1.165, 1.54) is 6.33 Å². The Morgan fingerprint density at radius 1 is 0.967 bits per heavy atom. The summed E-state index contributed by atoms with van der Waals surface area (Å²) in [6.07, 6.45) is 13.2. The molecule has 0 radical (unpaired) electrons. The Labute approximate surface area is 177 Å². The average Bonchev–Trinajstić information content (AvgIpc) is 3.10. The Morgan fingerprint density at radius 2 is 1.77 bits per heavy atom. The molecule has 1 saturated carbocycles. The molecular weight excluding hydrogens is 378 g/mol. The van der Waals surface area contributed by atoms with E-state index < -0.39 is 0 Å². The number of carbonyl (C=O) groups excluding carboxylic acids is 1. The van der Waals surface area contributed by atoms with Crippen molar-refractivity contribution in [2.24, 2.45) is 5.41 Å². The number of hydrogen-bond donors (Lipinski definition) is 1. The summed E-state index contributed by atoms with van der Waals surface area (Å²) in [6.45, 7) is 2.54. The van der Waals surface area contributed by atoms with E-state index >= 15 is 0 Å². The zero-order chi connectivity index (χ0) is 20.6. The molecule has 7 heteroatoms. The van der Waals surface area contributed by atoms with Crippen LogP contribution < -0.4 is 4.90 Å². The lowest BCUT2D eigenvalue weighted by Gasteiger charge is -2.41. The van der Waals surface area contributed by atoms with E-state index in [1.54, 1.807) is 12.4 Å². The van der Waals surface area contributed by atoms with Gasteiger partial charge in [0, 0.05) is 55.4 Å². The molecule has 0 bridgehead atoms. The van der Waals surface area contributed by atoms with Gasteiger partial charge in [0.25, 0.3) is 0 Å². The first kappa shape index (κ1) is 19.4. The van der Waals surface area contributed by atoms with E-state index in [0.717, 1.165) is 81.5 Å². The molecule has 1 atom stereocenters. The molecule has 1 N–H and O–H groups in total. The molecule has 2 aromatic heterocycles. The molecule has 2 saturated heterocycles. The van der Waals surface area contributed by atoms with Crippen molar-refractivity contribution in [3.8, 4) is 11.1 Å². The van der Waals surface area contributed by atoms with Gasteiger partial charge in [-0.05, 0) is 57.1 Å². The fraction of sp³-hybridized carbons (Fsp3) is 0.565. The van der Waals surface area contributed by atoms with Gasteiger partial charge >= 0.3 is 0 Å². The van der Waals surface area contributed by atoms with Crippen LogP contribution in [0.4, 0.5) is 5.82 Å². The van der Waals surface area contributed by atoms with Crippen molar-refractivity contribution in [3.63, 3.8) is 0 Å². The molecule has 7 nitrogen and oxygen atoms in total. The SMILES string of the molecule is O=C1N([C@H]2CC[C@H](O)CC2)CC[C@@]12CCCN(c1ccc(-c3cncnc3)cn1)C2.